The van der Waals surface area contributed by atoms with E-state index in [1.165, 1.54) is 22.3 Å². The van der Waals surface area contributed by atoms with Crippen molar-refractivity contribution >= 4 is 7.81 Å². The Kier molecular flexibility index (Phi) is 14.3. The number of hydrogen-bond donors (Lipinski definition) is 1. The first-order valence-corrected chi connectivity index (χ1v) is 14.7. The molecule has 0 aromatic heterocycles. The van der Waals surface area contributed by atoms with E-state index in [-0.39, 0.29) is 0 Å². The summed E-state index contributed by atoms with van der Waals surface area (Å²) in [6.07, 6.45) is 10.6. The van der Waals surface area contributed by atoms with Gasteiger partial charge in [-0.15, -0.1) is 13.2 Å². The van der Waals surface area contributed by atoms with Gasteiger partial charge in [-0.2, -0.15) is 0 Å². The third-order valence-corrected chi connectivity index (χ3v) is 5.24. The third-order valence-electron chi connectivity index (χ3n) is 5.24. The second-order valence-electron chi connectivity index (χ2n) is 8.96. The summed E-state index contributed by atoms with van der Waals surface area (Å²) in [5.74, 6) is 0. The molecule has 0 saturated heterocycles. The van der Waals surface area contributed by atoms with Gasteiger partial charge < -0.3 is 14.8 Å². The monoisotopic (exact) mass is 567 g/mol. The van der Waals surface area contributed by atoms with Crippen LogP contribution in [0.5, 0.6) is 0 Å². The van der Waals surface area contributed by atoms with E-state index in [0.717, 1.165) is 64.8 Å². The molecule has 0 fully saturated rings. The number of benzene rings is 2. The van der Waals surface area contributed by atoms with Gasteiger partial charge in [-0.05, 0) is 49.7 Å². The summed E-state index contributed by atoms with van der Waals surface area (Å²) in [6.45, 7) is 12.5. The predicted octanol–water partition coefficient (Wildman–Crippen LogP) is 9.08. The van der Waals surface area contributed by atoms with Crippen molar-refractivity contribution in [1.29, 1.82) is 0 Å². The van der Waals surface area contributed by atoms with E-state index in [4.69, 9.17) is 9.47 Å². The maximum atomic E-state index is 9.87. The molecule has 38 heavy (non-hydrogen) atoms. The molecule has 0 aliphatic rings. The van der Waals surface area contributed by atoms with E-state index in [1.54, 1.807) is 0 Å². The summed E-state index contributed by atoms with van der Waals surface area (Å²) in [5.41, 5.74) is 5.17. The van der Waals surface area contributed by atoms with Crippen LogP contribution in [0.1, 0.15) is 60.8 Å². The molecular formula is C28H40F6NO2P. The van der Waals surface area contributed by atoms with Gasteiger partial charge >= 0.3 is 33.0 Å². The zero-order valence-corrected chi connectivity index (χ0v) is 22.7. The van der Waals surface area contributed by atoms with Crippen molar-refractivity contribution in [2.75, 3.05) is 13.2 Å². The van der Waals surface area contributed by atoms with Crippen molar-refractivity contribution in [3.63, 3.8) is 0 Å². The number of nitrogens with two attached hydrogens (primary N) is 1. The van der Waals surface area contributed by atoms with Gasteiger partial charge in [-0.25, -0.2) is 0 Å². The molecular weight excluding hydrogens is 527 g/mol. The molecule has 0 unspecified atom stereocenters. The fourth-order valence-corrected chi connectivity index (χ4v) is 3.31. The summed E-state index contributed by atoms with van der Waals surface area (Å²) < 4.78 is 70.7. The minimum absolute atomic E-state index is 0.697. The van der Waals surface area contributed by atoms with E-state index in [1.807, 2.05) is 12.2 Å². The van der Waals surface area contributed by atoms with Crippen LogP contribution in [0, 0.1) is 0 Å². The quantitative estimate of drug-likeness (QED) is 0.0844. The number of halogens is 6. The van der Waals surface area contributed by atoms with Crippen LogP contribution < -0.4 is 5.32 Å². The molecule has 0 aliphatic carbocycles. The molecule has 0 radical (unpaired) electrons. The van der Waals surface area contributed by atoms with Gasteiger partial charge in [0.2, 0.25) is 0 Å². The molecule has 0 bridgehead atoms. The molecule has 0 aliphatic heterocycles. The van der Waals surface area contributed by atoms with Crippen molar-refractivity contribution in [1.82, 2.24) is 0 Å². The molecule has 10 heteroatoms. The number of hydrogen-bond acceptors (Lipinski definition) is 2. The van der Waals surface area contributed by atoms with Gasteiger partial charge in [-0.1, -0.05) is 60.7 Å². The molecule has 0 heterocycles. The van der Waals surface area contributed by atoms with Crippen molar-refractivity contribution in [3.8, 4) is 0 Å². The Hall–Kier alpha value is -2.19. The average Bonchev–Trinajstić information content (AvgIpc) is 2.83. The zero-order chi connectivity index (χ0) is 28.4. The van der Waals surface area contributed by atoms with Crippen LogP contribution in [-0.2, 0) is 35.8 Å². The minimum atomic E-state index is -10.7. The van der Waals surface area contributed by atoms with Crippen LogP contribution in [0.25, 0.3) is 0 Å². The number of allylic oxidation sites excluding steroid dienone is 2. The van der Waals surface area contributed by atoms with Crippen LogP contribution in [0.15, 0.2) is 73.8 Å². The van der Waals surface area contributed by atoms with E-state index in [9.17, 15) is 25.2 Å². The van der Waals surface area contributed by atoms with Gasteiger partial charge in [0.25, 0.3) is 0 Å². The summed E-state index contributed by atoms with van der Waals surface area (Å²) in [6, 6.07) is 17.6. The van der Waals surface area contributed by atoms with Crippen molar-refractivity contribution in [2.24, 2.45) is 0 Å². The number of quaternary nitrogens is 1. The van der Waals surface area contributed by atoms with Crippen LogP contribution in [0.3, 0.4) is 0 Å². The molecule has 2 N–H and O–H groups in total. The van der Waals surface area contributed by atoms with Crippen molar-refractivity contribution in [3.05, 3.63) is 96.1 Å². The van der Waals surface area contributed by atoms with Crippen LogP contribution >= 0.6 is 7.81 Å². The van der Waals surface area contributed by atoms with Gasteiger partial charge in [0.1, 0.15) is 13.1 Å². The fraction of sp³-hybridized carbons (Fsp3) is 0.429. The third kappa shape index (κ3) is 23.0. The molecule has 2 rings (SSSR count). The normalized spacial score (nSPS) is 13.1. The Labute approximate surface area is 222 Å². The Morgan fingerprint density at radius 2 is 0.895 bits per heavy atom. The number of rotatable bonds is 18. The SMILES string of the molecule is C=CCCCCOCc1ccc(C[NH2+]Cc2ccc(COCCCCC=C)cc2)cc1.F[P-](F)(F)(F)(F)F. The van der Waals surface area contributed by atoms with Crippen molar-refractivity contribution in [2.45, 2.75) is 64.8 Å². The second kappa shape index (κ2) is 16.0. The van der Waals surface area contributed by atoms with Crippen LogP contribution in [0.2, 0.25) is 0 Å². The predicted molar refractivity (Wildman–Crippen MR) is 143 cm³/mol. The van der Waals surface area contributed by atoms with Gasteiger partial charge in [0, 0.05) is 24.3 Å². The Bertz CT molecular complexity index is 858. The summed E-state index contributed by atoms with van der Waals surface area (Å²) in [4.78, 5) is 0. The second-order valence-corrected chi connectivity index (χ2v) is 10.9. The summed E-state index contributed by atoms with van der Waals surface area (Å²) >= 11 is 0. The number of ether oxygens (including phenoxy) is 2. The van der Waals surface area contributed by atoms with Gasteiger partial charge in [0.15, 0.2) is 0 Å². The molecule has 216 valence electrons. The molecule has 0 atom stereocenters. The summed E-state index contributed by atoms with van der Waals surface area (Å²) in [5, 5.41) is 2.34. The van der Waals surface area contributed by atoms with Gasteiger partial charge in [0.05, 0.1) is 13.2 Å². The first kappa shape index (κ1) is 33.8. The van der Waals surface area contributed by atoms with Gasteiger partial charge in [-0.3, -0.25) is 0 Å². The first-order valence-electron chi connectivity index (χ1n) is 12.7. The Morgan fingerprint density at radius 3 is 1.21 bits per heavy atom. The maximum absolute atomic E-state index is 10.7. The zero-order valence-electron chi connectivity index (χ0n) is 21.8. The molecule has 2 aromatic carbocycles. The Morgan fingerprint density at radius 1 is 0.579 bits per heavy atom. The van der Waals surface area contributed by atoms with E-state index < -0.39 is 7.81 Å². The number of unbranched alkanes of at least 4 members (excludes halogenated alkanes) is 4. The topological polar surface area (TPSA) is 35.1 Å². The van der Waals surface area contributed by atoms with E-state index in [2.05, 4.69) is 67.0 Å². The molecule has 3 nitrogen and oxygen atoms in total. The molecule has 0 amide bonds. The van der Waals surface area contributed by atoms with E-state index in [0.29, 0.717) is 13.2 Å². The average molecular weight is 568 g/mol. The molecule has 0 spiro atoms. The van der Waals surface area contributed by atoms with E-state index >= 15 is 0 Å². The Balaban J connectivity index is 0.000000905. The molecule has 2 aromatic rings. The molecule has 0 saturated carbocycles. The summed E-state index contributed by atoms with van der Waals surface area (Å²) in [7, 11) is -10.7. The fourth-order valence-electron chi connectivity index (χ4n) is 3.31. The standard InChI is InChI=1S/C28H39NO2.F6P/c1-3-5-7-9-19-30-23-27-15-11-25(12-16-27)21-29-22-26-13-17-28(18-14-26)24-31-20-10-8-6-4-2;1-7(2,3,4,5)6/h3-4,11-18,29H,1-2,5-10,19-24H2;/q;-1/p+1. The first-order chi connectivity index (χ1) is 17.8. The van der Waals surface area contributed by atoms with Crippen molar-refractivity contribution < 1.29 is 40.0 Å². The van der Waals surface area contributed by atoms with Crippen LogP contribution in [0.4, 0.5) is 25.2 Å². The van der Waals surface area contributed by atoms with Crippen LogP contribution in [-0.4, -0.2) is 13.2 Å².